The second-order valence-corrected chi connectivity index (χ2v) is 4.30. The zero-order chi connectivity index (χ0) is 10.7. The average Bonchev–Trinajstić information content (AvgIpc) is 2.65. The van der Waals surface area contributed by atoms with Crippen molar-refractivity contribution in [3.8, 4) is 0 Å². The van der Waals surface area contributed by atoms with Gasteiger partial charge in [-0.3, -0.25) is 4.68 Å². The molecule has 1 aliphatic carbocycles. The quantitative estimate of drug-likeness (QED) is 0.764. The topological polar surface area (TPSA) is 38.0 Å². The van der Waals surface area contributed by atoms with Crippen LogP contribution in [0.25, 0.3) is 0 Å². The van der Waals surface area contributed by atoms with Gasteiger partial charge < -0.3 is 5.11 Å². The highest BCUT2D eigenvalue weighted by molar-refractivity contribution is 5.02. The molecule has 3 heteroatoms. The Hall–Kier alpha value is -1.09. The van der Waals surface area contributed by atoms with Gasteiger partial charge in [0.05, 0.1) is 11.8 Å². The van der Waals surface area contributed by atoms with E-state index in [1.54, 1.807) is 4.68 Å². The van der Waals surface area contributed by atoms with Crippen molar-refractivity contribution in [3.63, 3.8) is 0 Å². The fourth-order valence-electron chi connectivity index (χ4n) is 2.12. The van der Waals surface area contributed by atoms with Crippen LogP contribution in [0.1, 0.15) is 25.0 Å². The maximum absolute atomic E-state index is 10.1. The highest BCUT2D eigenvalue weighted by Gasteiger charge is 2.20. The molecule has 0 bridgehead atoms. The molecule has 2 atom stereocenters. The lowest BCUT2D eigenvalue weighted by molar-refractivity contribution is 0.101. The number of aliphatic hydroxyl groups is 1. The molecule has 1 aromatic rings. The van der Waals surface area contributed by atoms with E-state index in [1.807, 2.05) is 19.3 Å². The fourth-order valence-corrected chi connectivity index (χ4v) is 2.12. The summed E-state index contributed by atoms with van der Waals surface area (Å²) in [7, 11) is 1.90. The summed E-state index contributed by atoms with van der Waals surface area (Å²) in [6.07, 6.45) is 9.94. The molecule has 0 saturated heterocycles. The van der Waals surface area contributed by atoms with Gasteiger partial charge in [-0.2, -0.15) is 5.10 Å². The van der Waals surface area contributed by atoms with E-state index in [0.717, 1.165) is 25.0 Å². The minimum atomic E-state index is -0.246. The second-order valence-electron chi connectivity index (χ2n) is 4.30. The lowest BCUT2D eigenvalue weighted by Gasteiger charge is -2.22. The number of hydrogen-bond donors (Lipinski definition) is 1. The number of hydrogen-bond acceptors (Lipinski definition) is 2. The van der Waals surface area contributed by atoms with Crippen LogP contribution in [0.2, 0.25) is 0 Å². The van der Waals surface area contributed by atoms with E-state index in [9.17, 15) is 5.11 Å². The minimum Gasteiger partial charge on any atom is -0.392 e. The first kappa shape index (κ1) is 10.4. The van der Waals surface area contributed by atoms with Crippen molar-refractivity contribution >= 4 is 0 Å². The Morgan fingerprint density at radius 2 is 2.47 bits per heavy atom. The van der Waals surface area contributed by atoms with E-state index >= 15 is 0 Å². The number of nitrogens with zero attached hydrogens (tertiary/aromatic N) is 2. The number of allylic oxidation sites excluding steroid dienone is 2. The van der Waals surface area contributed by atoms with Crippen LogP contribution in [0.15, 0.2) is 24.4 Å². The monoisotopic (exact) mass is 206 g/mol. The lowest BCUT2D eigenvalue weighted by Crippen LogP contribution is -2.23. The summed E-state index contributed by atoms with van der Waals surface area (Å²) in [5, 5.41) is 14.3. The highest BCUT2D eigenvalue weighted by Crippen LogP contribution is 2.23. The zero-order valence-corrected chi connectivity index (χ0v) is 9.13. The van der Waals surface area contributed by atoms with Crippen molar-refractivity contribution in [2.75, 3.05) is 0 Å². The third-order valence-corrected chi connectivity index (χ3v) is 3.04. The van der Waals surface area contributed by atoms with Gasteiger partial charge in [0.25, 0.3) is 0 Å². The third kappa shape index (κ3) is 2.69. The molecule has 0 spiro atoms. The predicted octanol–water partition coefficient (Wildman–Crippen LogP) is 1.68. The molecule has 0 amide bonds. The Morgan fingerprint density at radius 3 is 3.07 bits per heavy atom. The Morgan fingerprint density at radius 1 is 1.60 bits per heavy atom. The van der Waals surface area contributed by atoms with Crippen molar-refractivity contribution in [1.82, 2.24) is 9.78 Å². The van der Waals surface area contributed by atoms with Gasteiger partial charge in [-0.15, -0.1) is 0 Å². The average molecular weight is 206 g/mol. The van der Waals surface area contributed by atoms with E-state index in [0.29, 0.717) is 12.3 Å². The van der Waals surface area contributed by atoms with Crippen molar-refractivity contribution in [1.29, 1.82) is 0 Å². The molecule has 1 aliphatic rings. The number of rotatable bonds is 3. The van der Waals surface area contributed by atoms with Crippen LogP contribution < -0.4 is 0 Å². The van der Waals surface area contributed by atoms with Gasteiger partial charge in [0.1, 0.15) is 0 Å². The lowest BCUT2D eigenvalue weighted by atomic mass is 9.87. The van der Waals surface area contributed by atoms with E-state index in [4.69, 9.17) is 0 Å². The van der Waals surface area contributed by atoms with Crippen molar-refractivity contribution < 1.29 is 5.11 Å². The van der Waals surface area contributed by atoms with Crippen LogP contribution in [-0.2, 0) is 13.5 Å². The summed E-state index contributed by atoms with van der Waals surface area (Å²) in [4.78, 5) is 0. The van der Waals surface area contributed by atoms with Crippen molar-refractivity contribution in [3.05, 3.63) is 30.1 Å². The summed E-state index contributed by atoms with van der Waals surface area (Å²) in [6, 6.07) is 1.97. The van der Waals surface area contributed by atoms with Crippen LogP contribution >= 0.6 is 0 Å². The first-order chi connectivity index (χ1) is 7.25. The number of aromatic nitrogens is 2. The molecule has 1 aromatic heterocycles. The predicted molar refractivity (Wildman–Crippen MR) is 59.4 cm³/mol. The van der Waals surface area contributed by atoms with Gasteiger partial charge in [0, 0.05) is 19.7 Å². The first-order valence-electron chi connectivity index (χ1n) is 5.57. The molecule has 0 fully saturated rings. The van der Waals surface area contributed by atoms with Gasteiger partial charge >= 0.3 is 0 Å². The highest BCUT2D eigenvalue weighted by atomic mass is 16.3. The summed E-state index contributed by atoms with van der Waals surface area (Å²) in [6.45, 7) is 0. The summed E-state index contributed by atoms with van der Waals surface area (Å²) in [5.74, 6) is 0.414. The van der Waals surface area contributed by atoms with Gasteiger partial charge in [-0.05, 0) is 31.2 Å². The largest absolute Gasteiger partial charge is 0.392 e. The van der Waals surface area contributed by atoms with E-state index in [1.165, 1.54) is 0 Å². The fraction of sp³-hybridized carbons (Fsp3) is 0.583. The van der Waals surface area contributed by atoms with Gasteiger partial charge in [-0.1, -0.05) is 12.2 Å². The minimum absolute atomic E-state index is 0.246. The zero-order valence-electron chi connectivity index (χ0n) is 9.13. The maximum atomic E-state index is 10.1. The summed E-state index contributed by atoms with van der Waals surface area (Å²) >= 11 is 0. The molecule has 15 heavy (non-hydrogen) atoms. The van der Waals surface area contributed by atoms with Gasteiger partial charge in [-0.25, -0.2) is 0 Å². The molecule has 0 radical (unpaired) electrons. The van der Waals surface area contributed by atoms with Crippen LogP contribution in [0.3, 0.4) is 0 Å². The SMILES string of the molecule is Cn1ccc(CC(O)C2CC=CCC2)n1. The molecule has 2 rings (SSSR count). The second kappa shape index (κ2) is 4.62. The van der Waals surface area contributed by atoms with E-state index < -0.39 is 0 Å². The Balaban J connectivity index is 1.91. The molecule has 1 heterocycles. The molecular formula is C12H18N2O. The van der Waals surface area contributed by atoms with E-state index in [2.05, 4.69) is 17.3 Å². The van der Waals surface area contributed by atoms with Crippen molar-refractivity contribution in [2.24, 2.45) is 13.0 Å². The third-order valence-electron chi connectivity index (χ3n) is 3.04. The molecular weight excluding hydrogens is 188 g/mol. The van der Waals surface area contributed by atoms with Crippen LogP contribution in [0.4, 0.5) is 0 Å². The normalized spacial score (nSPS) is 22.9. The van der Waals surface area contributed by atoms with Crippen molar-refractivity contribution in [2.45, 2.75) is 31.8 Å². The Kier molecular flexibility index (Phi) is 3.21. The van der Waals surface area contributed by atoms with Crippen LogP contribution in [-0.4, -0.2) is 21.0 Å². The first-order valence-corrected chi connectivity index (χ1v) is 5.57. The van der Waals surface area contributed by atoms with Crippen LogP contribution in [0, 0.1) is 5.92 Å². The van der Waals surface area contributed by atoms with Gasteiger partial charge in [0.2, 0.25) is 0 Å². The Bertz CT molecular complexity index is 343. The molecule has 1 N–H and O–H groups in total. The molecule has 0 aliphatic heterocycles. The summed E-state index contributed by atoms with van der Waals surface area (Å²) < 4.78 is 1.78. The Labute approximate surface area is 90.4 Å². The van der Waals surface area contributed by atoms with E-state index in [-0.39, 0.29) is 6.10 Å². The molecule has 2 unspecified atom stereocenters. The van der Waals surface area contributed by atoms with Crippen LogP contribution in [0.5, 0.6) is 0 Å². The number of aryl methyl sites for hydroxylation is 1. The number of aliphatic hydroxyl groups excluding tert-OH is 1. The standard InChI is InChI=1S/C12H18N2O/c1-14-8-7-11(13-14)9-12(15)10-5-3-2-4-6-10/h2-3,7-8,10,12,15H,4-6,9H2,1H3. The maximum Gasteiger partial charge on any atom is 0.0650 e. The molecule has 82 valence electrons. The molecule has 3 nitrogen and oxygen atoms in total. The molecule has 0 aromatic carbocycles. The molecule has 0 saturated carbocycles. The van der Waals surface area contributed by atoms with Gasteiger partial charge in [0.15, 0.2) is 0 Å². The summed E-state index contributed by atoms with van der Waals surface area (Å²) in [5.41, 5.74) is 0.986. The smallest absolute Gasteiger partial charge is 0.0650 e.